The lowest BCUT2D eigenvalue weighted by Gasteiger charge is -2.22. The van der Waals surface area contributed by atoms with Crippen LogP contribution in [0.1, 0.15) is 92.1 Å². The summed E-state index contributed by atoms with van der Waals surface area (Å²) in [5, 5.41) is 6.39. The second-order valence-electron chi connectivity index (χ2n) is 12.2. The van der Waals surface area contributed by atoms with Crippen LogP contribution in [0.15, 0.2) is 79.0 Å². The van der Waals surface area contributed by atoms with E-state index in [4.69, 9.17) is 4.98 Å². The van der Waals surface area contributed by atoms with Gasteiger partial charge in [-0.3, -0.25) is 9.59 Å². The van der Waals surface area contributed by atoms with Crippen LogP contribution in [0.5, 0.6) is 0 Å². The van der Waals surface area contributed by atoms with Gasteiger partial charge in [0.15, 0.2) is 0 Å². The third-order valence-electron chi connectivity index (χ3n) is 7.73. The van der Waals surface area contributed by atoms with Crippen molar-refractivity contribution in [1.29, 1.82) is 0 Å². The van der Waals surface area contributed by atoms with Gasteiger partial charge in [-0.05, 0) is 78.8 Å². The quantitative estimate of drug-likeness (QED) is 0.172. The molecule has 0 bridgehead atoms. The van der Waals surface area contributed by atoms with Crippen molar-refractivity contribution in [2.45, 2.75) is 72.6 Å². The number of nitrogens with one attached hydrogen (secondary N) is 2. The molecule has 1 heterocycles. The molecule has 1 aromatic heterocycles. The SMILES string of the molecule is CCCCN(CCCC)C(=O)c1ccc(Nc2nccc(-c3cccc(NC(=O)c4ccccc4C(C)(C)C)c3C)n2)cc1. The van der Waals surface area contributed by atoms with Crippen molar-refractivity contribution in [2.24, 2.45) is 0 Å². The second-order valence-corrected chi connectivity index (χ2v) is 12.2. The number of hydrogen-bond acceptors (Lipinski definition) is 5. The first kappa shape index (κ1) is 32.4. The topological polar surface area (TPSA) is 87.2 Å². The Morgan fingerprint density at radius 3 is 2.18 bits per heavy atom. The lowest BCUT2D eigenvalue weighted by molar-refractivity contribution is 0.0751. The maximum atomic E-state index is 13.4. The Bertz CT molecular complexity index is 1570. The molecule has 4 rings (SSSR count). The Hall–Kier alpha value is -4.52. The van der Waals surface area contributed by atoms with E-state index in [1.807, 2.05) is 84.6 Å². The molecule has 7 heteroatoms. The summed E-state index contributed by atoms with van der Waals surface area (Å²) in [6, 6.07) is 22.9. The predicted molar refractivity (Wildman–Crippen MR) is 181 cm³/mol. The van der Waals surface area contributed by atoms with Crippen molar-refractivity contribution in [2.75, 3.05) is 23.7 Å². The first-order valence-electron chi connectivity index (χ1n) is 15.6. The summed E-state index contributed by atoms with van der Waals surface area (Å²) in [5.41, 5.74) is 6.27. The smallest absolute Gasteiger partial charge is 0.255 e. The minimum absolute atomic E-state index is 0.0704. The van der Waals surface area contributed by atoms with Crippen molar-refractivity contribution in [3.05, 3.63) is 101 Å². The van der Waals surface area contributed by atoms with E-state index in [2.05, 4.69) is 50.2 Å². The Kier molecular flexibility index (Phi) is 10.9. The standard InChI is InChI=1S/C37H45N5O2/c1-7-9-24-42(25-10-8-2)35(44)27-18-20-28(21-19-27)39-36-38-23-22-33(41-36)29-15-13-17-32(26(29)3)40-34(43)30-14-11-12-16-31(30)37(4,5)6/h11-23H,7-10,24-25H2,1-6H3,(H,40,43)(H,38,39,41). The number of anilines is 3. The zero-order valence-electron chi connectivity index (χ0n) is 26.9. The normalized spacial score (nSPS) is 11.2. The number of carbonyl (C=O) groups is 2. The van der Waals surface area contributed by atoms with E-state index in [1.165, 1.54) is 0 Å². The molecule has 0 radical (unpaired) electrons. The van der Waals surface area contributed by atoms with Crippen molar-refractivity contribution in [3.63, 3.8) is 0 Å². The van der Waals surface area contributed by atoms with Gasteiger partial charge in [0.1, 0.15) is 0 Å². The summed E-state index contributed by atoms with van der Waals surface area (Å²) in [6.45, 7) is 14.2. The molecule has 0 fully saturated rings. The molecule has 44 heavy (non-hydrogen) atoms. The number of rotatable bonds is 12. The van der Waals surface area contributed by atoms with Crippen molar-refractivity contribution < 1.29 is 9.59 Å². The van der Waals surface area contributed by atoms with Gasteiger partial charge in [-0.1, -0.05) is 77.8 Å². The van der Waals surface area contributed by atoms with E-state index < -0.39 is 0 Å². The molecule has 0 spiro atoms. The molecule has 2 amide bonds. The van der Waals surface area contributed by atoms with Crippen LogP contribution in [-0.4, -0.2) is 39.8 Å². The number of unbranched alkanes of at least 4 members (excludes halogenated alkanes) is 2. The lowest BCUT2D eigenvalue weighted by atomic mass is 9.83. The molecular weight excluding hydrogens is 546 g/mol. The molecule has 230 valence electrons. The highest BCUT2D eigenvalue weighted by Gasteiger charge is 2.22. The van der Waals surface area contributed by atoms with E-state index in [0.29, 0.717) is 17.1 Å². The van der Waals surface area contributed by atoms with Crippen molar-refractivity contribution in [3.8, 4) is 11.3 Å². The van der Waals surface area contributed by atoms with Gasteiger partial charge in [-0.25, -0.2) is 9.97 Å². The van der Waals surface area contributed by atoms with Gasteiger partial charge in [0, 0.05) is 47.4 Å². The van der Waals surface area contributed by atoms with Crippen LogP contribution >= 0.6 is 0 Å². The third kappa shape index (κ3) is 8.10. The highest BCUT2D eigenvalue weighted by molar-refractivity contribution is 6.06. The van der Waals surface area contributed by atoms with Gasteiger partial charge in [0.25, 0.3) is 11.8 Å². The number of amides is 2. The first-order valence-corrected chi connectivity index (χ1v) is 15.6. The van der Waals surface area contributed by atoms with Crippen molar-refractivity contribution >= 4 is 29.1 Å². The monoisotopic (exact) mass is 591 g/mol. The van der Waals surface area contributed by atoms with Crippen LogP contribution in [-0.2, 0) is 5.41 Å². The fourth-order valence-corrected chi connectivity index (χ4v) is 5.16. The molecule has 3 aromatic carbocycles. The highest BCUT2D eigenvalue weighted by Crippen LogP contribution is 2.30. The van der Waals surface area contributed by atoms with Crippen LogP contribution in [0, 0.1) is 6.92 Å². The van der Waals surface area contributed by atoms with Gasteiger partial charge in [-0.15, -0.1) is 0 Å². The van der Waals surface area contributed by atoms with Gasteiger partial charge in [0.05, 0.1) is 5.69 Å². The fraction of sp³-hybridized carbons (Fsp3) is 0.351. The van der Waals surface area contributed by atoms with E-state index in [0.717, 1.165) is 72.5 Å². The molecule has 0 unspecified atom stereocenters. The Balaban J connectivity index is 1.50. The van der Waals surface area contributed by atoms with Crippen molar-refractivity contribution in [1.82, 2.24) is 14.9 Å². The van der Waals surface area contributed by atoms with E-state index in [9.17, 15) is 9.59 Å². The average Bonchev–Trinajstić information content (AvgIpc) is 3.02. The molecule has 0 aliphatic heterocycles. The van der Waals surface area contributed by atoms with Crippen LogP contribution in [0.3, 0.4) is 0 Å². The van der Waals surface area contributed by atoms with Gasteiger partial charge >= 0.3 is 0 Å². The zero-order valence-corrected chi connectivity index (χ0v) is 26.9. The maximum Gasteiger partial charge on any atom is 0.255 e. The summed E-state index contributed by atoms with van der Waals surface area (Å²) < 4.78 is 0. The minimum Gasteiger partial charge on any atom is -0.339 e. The minimum atomic E-state index is -0.158. The fourth-order valence-electron chi connectivity index (χ4n) is 5.16. The van der Waals surface area contributed by atoms with Crippen LogP contribution in [0.4, 0.5) is 17.3 Å². The first-order chi connectivity index (χ1) is 21.1. The number of hydrogen-bond donors (Lipinski definition) is 2. The summed E-state index contributed by atoms with van der Waals surface area (Å²) in [7, 11) is 0. The molecule has 7 nitrogen and oxygen atoms in total. The molecule has 0 atom stereocenters. The molecule has 4 aromatic rings. The van der Waals surface area contributed by atoms with Gasteiger partial charge in [0.2, 0.25) is 5.95 Å². The summed E-state index contributed by atoms with van der Waals surface area (Å²) in [5.74, 6) is 0.379. The molecular formula is C37H45N5O2. The summed E-state index contributed by atoms with van der Waals surface area (Å²) >= 11 is 0. The third-order valence-corrected chi connectivity index (χ3v) is 7.73. The summed E-state index contributed by atoms with van der Waals surface area (Å²) in [6.07, 6.45) is 5.84. The van der Waals surface area contributed by atoms with E-state index in [1.54, 1.807) is 6.20 Å². The number of aromatic nitrogens is 2. The number of benzene rings is 3. The van der Waals surface area contributed by atoms with Gasteiger partial charge in [-0.2, -0.15) is 0 Å². The Labute approximate surface area is 262 Å². The average molecular weight is 592 g/mol. The highest BCUT2D eigenvalue weighted by atomic mass is 16.2. The largest absolute Gasteiger partial charge is 0.339 e. The Morgan fingerprint density at radius 1 is 0.841 bits per heavy atom. The maximum absolute atomic E-state index is 13.4. The van der Waals surface area contributed by atoms with E-state index >= 15 is 0 Å². The zero-order chi connectivity index (χ0) is 31.7. The number of carbonyl (C=O) groups excluding carboxylic acids is 2. The predicted octanol–water partition coefficient (Wildman–Crippen LogP) is 8.79. The lowest BCUT2D eigenvalue weighted by Crippen LogP contribution is -2.32. The Morgan fingerprint density at radius 2 is 1.52 bits per heavy atom. The van der Waals surface area contributed by atoms with E-state index in [-0.39, 0.29) is 17.2 Å². The van der Waals surface area contributed by atoms with Crippen LogP contribution in [0.25, 0.3) is 11.3 Å². The molecule has 0 saturated carbocycles. The summed E-state index contributed by atoms with van der Waals surface area (Å²) in [4.78, 5) is 37.7. The molecule has 2 N–H and O–H groups in total. The molecule has 0 aliphatic rings. The van der Waals surface area contributed by atoms with Crippen LogP contribution in [0.2, 0.25) is 0 Å². The number of nitrogens with zero attached hydrogens (tertiary/aromatic N) is 3. The van der Waals surface area contributed by atoms with Crippen LogP contribution < -0.4 is 10.6 Å². The second kappa shape index (κ2) is 14.8. The van der Waals surface area contributed by atoms with Gasteiger partial charge < -0.3 is 15.5 Å². The molecule has 0 saturated heterocycles. The molecule has 0 aliphatic carbocycles.